The van der Waals surface area contributed by atoms with E-state index in [2.05, 4.69) is 9.97 Å². The van der Waals surface area contributed by atoms with Gasteiger partial charge in [0, 0.05) is 18.6 Å². The fourth-order valence-electron chi connectivity index (χ4n) is 3.62. The van der Waals surface area contributed by atoms with Crippen molar-refractivity contribution >= 4 is 26.5 Å². The molecule has 0 aliphatic heterocycles. The van der Waals surface area contributed by atoms with Crippen LogP contribution in [0.2, 0.25) is 0 Å². The minimum atomic E-state index is -4.04. The van der Waals surface area contributed by atoms with E-state index >= 15 is 0 Å². The predicted octanol–water partition coefficient (Wildman–Crippen LogP) is 2.40. The topological polar surface area (TPSA) is 110 Å². The van der Waals surface area contributed by atoms with Crippen molar-refractivity contribution in [3.8, 4) is 0 Å². The molecule has 8 nitrogen and oxygen atoms in total. The fraction of sp³-hybridized carbons (Fsp3) is 0.0435. The van der Waals surface area contributed by atoms with Gasteiger partial charge in [-0.3, -0.25) is 19.6 Å². The van der Waals surface area contributed by atoms with Crippen LogP contribution in [0.15, 0.2) is 99.9 Å². The second kappa shape index (κ2) is 7.54. The van der Waals surface area contributed by atoms with Crippen molar-refractivity contribution in [2.24, 2.45) is 0 Å². The SMILES string of the molecule is N=c1c(S(=O)(=O)c2ccccc2)cc2c(=O)n3ccccc3nc2n1Cc1ccncc1. The van der Waals surface area contributed by atoms with E-state index < -0.39 is 15.4 Å². The van der Waals surface area contributed by atoms with Crippen molar-refractivity contribution in [1.29, 1.82) is 5.41 Å². The minimum Gasteiger partial charge on any atom is -0.305 e. The summed E-state index contributed by atoms with van der Waals surface area (Å²) in [5.74, 6) is 0. The van der Waals surface area contributed by atoms with Crippen LogP contribution in [0.5, 0.6) is 0 Å². The molecule has 4 aromatic heterocycles. The summed E-state index contributed by atoms with van der Waals surface area (Å²) in [4.78, 5) is 21.7. The van der Waals surface area contributed by atoms with Gasteiger partial charge in [0.25, 0.3) is 5.56 Å². The molecule has 0 bridgehead atoms. The lowest BCUT2D eigenvalue weighted by Crippen LogP contribution is -2.30. The van der Waals surface area contributed by atoms with Crippen LogP contribution in [0, 0.1) is 5.41 Å². The molecule has 0 aliphatic rings. The van der Waals surface area contributed by atoms with Crippen LogP contribution >= 0.6 is 0 Å². The first-order valence-electron chi connectivity index (χ1n) is 9.75. The Morgan fingerprint density at radius 2 is 1.66 bits per heavy atom. The van der Waals surface area contributed by atoms with Crippen molar-refractivity contribution in [3.05, 3.63) is 107 Å². The number of hydrogen-bond acceptors (Lipinski definition) is 6. The number of fused-ring (bicyclic) bond motifs is 2. The summed E-state index contributed by atoms with van der Waals surface area (Å²) >= 11 is 0. The van der Waals surface area contributed by atoms with Crippen molar-refractivity contribution in [2.45, 2.75) is 16.3 Å². The lowest BCUT2D eigenvalue weighted by atomic mass is 10.2. The molecular formula is C23H17N5O3S. The summed E-state index contributed by atoms with van der Waals surface area (Å²) in [6, 6.07) is 17.8. The van der Waals surface area contributed by atoms with E-state index in [1.54, 1.807) is 67.1 Å². The van der Waals surface area contributed by atoms with E-state index in [0.717, 1.165) is 5.56 Å². The second-order valence-corrected chi connectivity index (χ2v) is 9.12. The molecule has 0 unspecified atom stereocenters. The van der Waals surface area contributed by atoms with Gasteiger partial charge in [-0.05, 0) is 48.0 Å². The Morgan fingerprint density at radius 3 is 2.41 bits per heavy atom. The van der Waals surface area contributed by atoms with E-state index in [9.17, 15) is 13.2 Å². The van der Waals surface area contributed by atoms with Crippen molar-refractivity contribution < 1.29 is 8.42 Å². The van der Waals surface area contributed by atoms with Gasteiger partial charge in [-0.1, -0.05) is 24.3 Å². The molecule has 0 aliphatic carbocycles. The first kappa shape index (κ1) is 19.8. The van der Waals surface area contributed by atoms with Crippen LogP contribution < -0.4 is 11.0 Å². The number of pyridine rings is 3. The van der Waals surface area contributed by atoms with Crippen molar-refractivity contribution in [1.82, 2.24) is 18.9 Å². The molecular weight excluding hydrogens is 426 g/mol. The van der Waals surface area contributed by atoms with Gasteiger partial charge in [0.2, 0.25) is 9.84 Å². The van der Waals surface area contributed by atoms with Crippen LogP contribution in [0.3, 0.4) is 0 Å². The second-order valence-electron chi connectivity index (χ2n) is 7.20. The fourth-order valence-corrected chi connectivity index (χ4v) is 5.02. The molecule has 0 radical (unpaired) electrons. The first-order chi connectivity index (χ1) is 15.5. The smallest absolute Gasteiger partial charge is 0.267 e. The number of benzene rings is 1. The van der Waals surface area contributed by atoms with Crippen LogP contribution in [0.4, 0.5) is 0 Å². The maximum absolute atomic E-state index is 13.4. The Kier molecular flexibility index (Phi) is 4.67. The third-order valence-electron chi connectivity index (χ3n) is 5.22. The van der Waals surface area contributed by atoms with Gasteiger partial charge in [-0.25, -0.2) is 13.4 Å². The Bertz CT molecular complexity index is 1690. The maximum Gasteiger partial charge on any atom is 0.267 e. The highest BCUT2D eigenvalue weighted by molar-refractivity contribution is 7.91. The Morgan fingerprint density at radius 1 is 0.938 bits per heavy atom. The zero-order valence-corrected chi connectivity index (χ0v) is 17.5. The number of nitrogens with one attached hydrogen (secondary N) is 1. The molecule has 9 heteroatoms. The Balaban J connectivity index is 1.90. The monoisotopic (exact) mass is 443 g/mol. The molecule has 5 aromatic rings. The Hall–Kier alpha value is -4.11. The average molecular weight is 443 g/mol. The number of hydrogen-bond donors (Lipinski definition) is 1. The third kappa shape index (κ3) is 3.19. The van der Waals surface area contributed by atoms with Gasteiger partial charge < -0.3 is 4.57 Å². The highest BCUT2D eigenvalue weighted by atomic mass is 32.2. The van der Waals surface area contributed by atoms with Gasteiger partial charge in [0.15, 0.2) is 0 Å². The molecule has 1 aromatic carbocycles. The van der Waals surface area contributed by atoms with Gasteiger partial charge in [0.05, 0.1) is 16.8 Å². The minimum absolute atomic E-state index is 0.0529. The molecule has 158 valence electrons. The van der Waals surface area contributed by atoms with Gasteiger partial charge in [0.1, 0.15) is 21.7 Å². The number of sulfone groups is 1. The van der Waals surface area contributed by atoms with Gasteiger partial charge >= 0.3 is 0 Å². The molecule has 1 N–H and O–H groups in total. The summed E-state index contributed by atoms with van der Waals surface area (Å²) in [6.07, 6.45) is 4.81. The molecule has 0 amide bonds. The summed E-state index contributed by atoms with van der Waals surface area (Å²) in [6.45, 7) is 0.158. The predicted molar refractivity (Wildman–Crippen MR) is 118 cm³/mol. The number of rotatable bonds is 4. The summed E-state index contributed by atoms with van der Waals surface area (Å²) in [7, 11) is -4.04. The zero-order chi connectivity index (χ0) is 22.3. The summed E-state index contributed by atoms with van der Waals surface area (Å²) < 4.78 is 29.6. The zero-order valence-electron chi connectivity index (χ0n) is 16.7. The molecule has 5 rings (SSSR count). The van der Waals surface area contributed by atoms with Gasteiger partial charge in [-0.2, -0.15) is 0 Å². The van der Waals surface area contributed by atoms with Crippen molar-refractivity contribution in [2.75, 3.05) is 0 Å². The lowest BCUT2D eigenvalue weighted by molar-refractivity contribution is 0.591. The van der Waals surface area contributed by atoms with Crippen LogP contribution in [-0.4, -0.2) is 27.4 Å². The molecule has 0 spiro atoms. The van der Waals surface area contributed by atoms with Crippen molar-refractivity contribution in [3.63, 3.8) is 0 Å². The molecule has 0 atom stereocenters. The molecule has 0 saturated carbocycles. The third-order valence-corrected chi connectivity index (χ3v) is 7.00. The molecule has 32 heavy (non-hydrogen) atoms. The molecule has 0 saturated heterocycles. The largest absolute Gasteiger partial charge is 0.305 e. The lowest BCUT2D eigenvalue weighted by Gasteiger charge is -2.15. The van der Waals surface area contributed by atoms with E-state index in [1.165, 1.54) is 27.2 Å². The highest BCUT2D eigenvalue weighted by Gasteiger charge is 2.24. The van der Waals surface area contributed by atoms with Crippen LogP contribution in [-0.2, 0) is 16.4 Å². The summed E-state index contributed by atoms with van der Waals surface area (Å²) in [5.41, 5.74) is 0.801. The number of nitrogens with zero attached hydrogens (tertiary/aromatic N) is 4. The molecule has 0 fully saturated rings. The standard InChI is InChI=1S/C23H17N5O3S/c24-21-19(32(30,31)17-6-2-1-3-7-17)14-18-22(28(21)15-16-9-11-25-12-10-16)26-20-8-4-5-13-27(20)23(18)29/h1-14,24H,15H2. The summed E-state index contributed by atoms with van der Waals surface area (Å²) in [5, 5.41) is 8.90. The average Bonchev–Trinajstić information content (AvgIpc) is 2.82. The highest BCUT2D eigenvalue weighted by Crippen LogP contribution is 2.21. The van der Waals surface area contributed by atoms with Crippen LogP contribution in [0.1, 0.15) is 5.56 Å². The van der Waals surface area contributed by atoms with E-state index in [1.807, 2.05) is 0 Å². The molecule has 4 heterocycles. The normalized spacial score (nSPS) is 11.8. The maximum atomic E-state index is 13.4. The Labute approximate surface area is 182 Å². The van der Waals surface area contributed by atoms with E-state index in [-0.39, 0.29) is 32.9 Å². The van der Waals surface area contributed by atoms with Crippen LogP contribution in [0.25, 0.3) is 16.7 Å². The van der Waals surface area contributed by atoms with E-state index in [0.29, 0.717) is 5.65 Å². The quantitative estimate of drug-likeness (QED) is 0.429. The first-order valence-corrected chi connectivity index (χ1v) is 11.2. The van der Waals surface area contributed by atoms with E-state index in [4.69, 9.17) is 5.41 Å². The van der Waals surface area contributed by atoms with Gasteiger partial charge in [-0.15, -0.1) is 0 Å². The number of aromatic nitrogens is 4.